The molecule has 1 aromatic carbocycles. The zero-order valence-corrected chi connectivity index (χ0v) is 10.5. The second-order valence-electron chi connectivity index (χ2n) is 4.45. The van der Waals surface area contributed by atoms with E-state index in [1.54, 1.807) is 0 Å². The summed E-state index contributed by atoms with van der Waals surface area (Å²) >= 11 is 5.67. The number of alkyl halides is 3. The van der Waals surface area contributed by atoms with Gasteiger partial charge in [0.05, 0.1) is 5.56 Å². The Morgan fingerprint density at radius 1 is 1.37 bits per heavy atom. The molecule has 1 aromatic rings. The Labute approximate surface area is 112 Å². The zero-order chi connectivity index (χ0) is 14.2. The lowest BCUT2D eigenvalue weighted by Crippen LogP contribution is -2.25. The van der Waals surface area contributed by atoms with Crippen molar-refractivity contribution in [3.8, 4) is 0 Å². The SMILES string of the molecule is O=C1CC(CO)CN1c1cc(Cl)cc(C(F)(F)F)c1. The smallest absolute Gasteiger partial charge is 0.396 e. The molecule has 1 heterocycles. The van der Waals surface area contributed by atoms with E-state index in [1.165, 1.54) is 11.0 Å². The molecule has 3 nitrogen and oxygen atoms in total. The monoisotopic (exact) mass is 293 g/mol. The van der Waals surface area contributed by atoms with Crippen molar-refractivity contribution in [3.05, 3.63) is 28.8 Å². The Morgan fingerprint density at radius 2 is 2.05 bits per heavy atom. The molecule has 1 fully saturated rings. The molecule has 0 saturated carbocycles. The van der Waals surface area contributed by atoms with Gasteiger partial charge >= 0.3 is 6.18 Å². The molecule has 1 atom stereocenters. The second kappa shape index (κ2) is 5.02. The van der Waals surface area contributed by atoms with Crippen molar-refractivity contribution in [2.75, 3.05) is 18.1 Å². The highest BCUT2D eigenvalue weighted by Gasteiger charge is 2.34. The van der Waals surface area contributed by atoms with Gasteiger partial charge in [0.15, 0.2) is 0 Å². The Kier molecular flexibility index (Phi) is 3.73. The first-order valence-electron chi connectivity index (χ1n) is 5.60. The van der Waals surface area contributed by atoms with Crippen LogP contribution in [-0.4, -0.2) is 24.2 Å². The van der Waals surface area contributed by atoms with Gasteiger partial charge in [-0.3, -0.25) is 4.79 Å². The van der Waals surface area contributed by atoms with Gasteiger partial charge < -0.3 is 10.0 Å². The molecular formula is C12H11ClF3NO2. The third kappa shape index (κ3) is 3.01. The van der Waals surface area contributed by atoms with Crippen LogP contribution in [0.2, 0.25) is 5.02 Å². The van der Waals surface area contributed by atoms with Gasteiger partial charge in [0.1, 0.15) is 0 Å². The van der Waals surface area contributed by atoms with Gasteiger partial charge in [0.2, 0.25) is 5.91 Å². The van der Waals surface area contributed by atoms with Crippen LogP contribution >= 0.6 is 11.6 Å². The molecule has 1 unspecified atom stereocenters. The minimum atomic E-state index is -4.52. The number of aliphatic hydroxyl groups is 1. The van der Waals surface area contributed by atoms with E-state index in [0.717, 1.165) is 12.1 Å². The number of hydrogen-bond acceptors (Lipinski definition) is 2. The van der Waals surface area contributed by atoms with Crippen molar-refractivity contribution in [1.29, 1.82) is 0 Å². The van der Waals surface area contributed by atoms with Crippen LogP contribution in [-0.2, 0) is 11.0 Å². The van der Waals surface area contributed by atoms with Crippen LogP contribution in [0.4, 0.5) is 18.9 Å². The Bertz CT molecular complexity index is 504. The minimum absolute atomic E-state index is 0.0786. The van der Waals surface area contributed by atoms with E-state index >= 15 is 0 Å². The van der Waals surface area contributed by atoms with E-state index in [-0.39, 0.29) is 42.1 Å². The summed E-state index contributed by atoms with van der Waals surface area (Å²) in [5.74, 6) is -0.560. The summed E-state index contributed by atoms with van der Waals surface area (Å²) in [6.07, 6.45) is -4.39. The maximum Gasteiger partial charge on any atom is 0.416 e. The second-order valence-corrected chi connectivity index (χ2v) is 4.89. The predicted molar refractivity (Wildman–Crippen MR) is 64.0 cm³/mol. The number of carbonyl (C=O) groups excluding carboxylic acids is 1. The lowest BCUT2D eigenvalue weighted by Gasteiger charge is -2.18. The minimum Gasteiger partial charge on any atom is -0.396 e. The Morgan fingerprint density at radius 3 is 2.58 bits per heavy atom. The van der Waals surface area contributed by atoms with Crippen molar-refractivity contribution in [1.82, 2.24) is 0 Å². The maximum atomic E-state index is 12.7. The molecule has 1 aliphatic heterocycles. The Balaban J connectivity index is 2.35. The predicted octanol–water partition coefficient (Wildman–Crippen LogP) is 2.70. The first kappa shape index (κ1) is 14.1. The third-order valence-electron chi connectivity index (χ3n) is 2.98. The summed E-state index contributed by atoms with van der Waals surface area (Å²) in [4.78, 5) is 12.9. The molecule has 0 aliphatic carbocycles. The van der Waals surface area contributed by atoms with Gasteiger partial charge in [-0.1, -0.05) is 11.6 Å². The van der Waals surface area contributed by atoms with E-state index < -0.39 is 11.7 Å². The van der Waals surface area contributed by atoms with Crippen LogP contribution in [0.5, 0.6) is 0 Å². The fourth-order valence-corrected chi connectivity index (χ4v) is 2.28. The standard InChI is InChI=1S/C12H11ClF3NO2/c13-9-2-8(12(14,15)16)3-10(4-9)17-5-7(6-18)1-11(17)19/h2-4,7,18H,1,5-6H2. The molecule has 1 amide bonds. The molecular weight excluding hydrogens is 283 g/mol. The van der Waals surface area contributed by atoms with Crippen LogP contribution in [0.25, 0.3) is 0 Å². The third-order valence-corrected chi connectivity index (χ3v) is 3.20. The van der Waals surface area contributed by atoms with Crippen LogP contribution in [0.15, 0.2) is 18.2 Å². The van der Waals surface area contributed by atoms with E-state index in [2.05, 4.69) is 0 Å². The van der Waals surface area contributed by atoms with Crippen molar-refractivity contribution >= 4 is 23.2 Å². The van der Waals surface area contributed by atoms with Crippen LogP contribution < -0.4 is 4.90 Å². The van der Waals surface area contributed by atoms with Crippen LogP contribution in [0.3, 0.4) is 0 Å². The molecule has 2 rings (SSSR count). The largest absolute Gasteiger partial charge is 0.416 e. The Hall–Kier alpha value is -1.27. The van der Waals surface area contributed by atoms with E-state index in [9.17, 15) is 18.0 Å². The molecule has 0 radical (unpaired) electrons. The average Bonchev–Trinajstić information content (AvgIpc) is 2.68. The molecule has 0 spiro atoms. The summed E-state index contributed by atoms with van der Waals surface area (Å²) in [5, 5.41) is 8.92. The molecule has 1 aliphatic rings. The number of halogens is 4. The molecule has 7 heteroatoms. The van der Waals surface area contributed by atoms with Crippen molar-refractivity contribution in [2.24, 2.45) is 5.92 Å². The van der Waals surface area contributed by atoms with Gasteiger partial charge in [0.25, 0.3) is 0 Å². The number of aliphatic hydroxyl groups excluding tert-OH is 1. The number of nitrogens with zero attached hydrogens (tertiary/aromatic N) is 1. The number of hydrogen-bond donors (Lipinski definition) is 1. The lowest BCUT2D eigenvalue weighted by molar-refractivity contribution is -0.137. The molecule has 1 N–H and O–H groups in total. The summed E-state index contributed by atoms with van der Waals surface area (Å²) in [6, 6.07) is 3.02. The number of rotatable bonds is 2. The van der Waals surface area contributed by atoms with E-state index in [4.69, 9.17) is 16.7 Å². The quantitative estimate of drug-likeness (QED) is 0.911. The molecule has 1 saturated heterocycles. The number of amides is 1. The van der Waals surface area contributed by atoms with Gasteiger partial charge in [-0.05, 0) is 18.2 Å². The van der Waals surface area contributed by atoms with Crippen molar-refractivity contribution < 1.29 is 23.1 Å². The topological polar surface area (TPSA) is 40.5 Å². The molecule has 0 aromatic heterocycles. The summed E-state index contributed by atoms with van der Waals surface area (Å²) in [6.45, 7) is 0.0297. The lowest BCUT2D eigenvalue weighted by atomic mass is 10.1. The maximum absolute atomic E-state index is 12.7. The fourth-order valence-electron chi connectivity index (χ4n) is 2.05. The zero-order valence-electron chi connectivity index (χ0n) is 9.75. The van der Waals surface area contributed by atoms with Crippen LogP contribution in [0, 0.1) is 5.92 Å². The van der Waals surface area contributed by atoms with Crippen LogP contribution in [0.1, 0.15) is 12.0 Å². The average molecular weight is 294 g/mol. The fraction of sp³-hybridized carbons (Fsp3) is 0.417. The number of anilines is 1. The van der Waals surface area contributed by atoms with Gasteiger partial charge in [-0.15, -0.1) is 0 Å². The summed E-state index contributed by atoms with van der Waals surface area (Å²) in [7, 11) is 0. The summed E-state index contributed by atoms with van der Waals surface area (Å²) in [5.41, 5.74) is -0.781. The van der Waals surface area contributed by atoms with Crippen molar-refractivity contribution in [2.45, 2.75) is 12.6 Å². The van der Waals surface area contributed by atoms with Gasteiger partial charge in [-0.2, -0.15) is 13.2 Å². The molecule has 19 heavy (non-hydrogen) atoms. The first-order chi connectivity index (χ1) is 8.81. The van der Waals surface area contributed by atoms with Crippen molar-refractivity contribution in [3.63, 3.8) is 0 Å². The molecule has 0 bridgehead atoms. The van der Waals surface area contributed by atoms with Gasteiger partial charge in [-0.25, -0.2) is 0 Å². The first-order valence-corrected chi connectivity index (χ1v) is 5.98. The number of benzene rings is 1. The molecule has 104 valence electrons. The highest BCUT2D eigenvalue weighted by molar-refractivity contribution is 6.31. The summed E-state index contributed by atoms with van der Waals surface area (Å²) < 4.78 is 38.0. The van der Waals surface area contributed by atoms with E-state index in [0.29, 0.717) is 0 Å². The van der Waals surface area contributed by atoms with E-state index in [1.807, 2.05) is 0 Å². The number of carbonyl (C=O) groups is 1. The highest BCUT2D eigenvalue weighted by atomic mass is 35.5. The highest BCUT2D eigenvalue weighted by Crippen LogP contribution is 2.35. The van der Waals surface area contributed by atoms with Gasteiger partial charge in [0, 0.05) is 36.2 Å². The normalized spacial score (nSPS) is 20.2.